The lowest BCUT2D eigenvalue weighted by Gasteiger charge is -2.15. The van der Waals surface area contributed by atoms with Crippen LogP contribution in [0.4, 0.5) is 0 Å². The highest BCUT2D eigenvalue weighted by molar-refractivity contribution is 14.1. The van der Waals surface area contributed by atoms with Gasteiger partial charge in [-0.05, 0) is 116 Å². The van der Waals surface area contributed by atoms with Gasteiger partial charge in [0.05, 0.1) is 11.6 Å². The van der Waals surface area contributed by atoms with Gasteiger partial charge < -0.3 is 14.2 Å². The van der Waals surface area contributed by atoms with Gasteiger partial charge in [0.2, 0.25) is 5.90 Å². The SMILES string of the molecule is CCOc1cc(/C=C2\N=C(c3ccc(I)c(Br)c3)OC2=O)cc(Cl)c1OCc1ccccc1I. The summed E-state index contributed by atoms with van der Waals surface area (Å²) in [7, 11) is 0. The molecular weight excluding hydrogens is 747 g/mol. The number of nitrogens with zero attached hydrogens (tertiary/aromatic N) is 1. The third-order valence-electron chi connectivity index (χ3n) is 4.75. The van der Waals surface area contributed by atoms with Gasteiger partial charge in [-0.3, -0.25) is 0 Å². The molecule has 0 aliphatic carbocycles. The summed E-state index contributed by atoms with van der Waals surface area (Å²) in [6, 6.07) is 17.1. The van der Waals surface area contributed by atoms with Gasteiger partial charge in [0, 0.05) is 22.7 Å². The van der Waals surface area contributed by atoms with Gasteiger partial charge in [-0.15, -0.1) is 0 Å². The molecule has 0 unspecified atom stereocenters. The van der Waals surface area contributed by atoms with Crippen LogP contribution in [0, 0.1) is 7.14 Å². The van der Waals surface area contributed by atoms with E-state index < -0.39 is 5.97 Å². The molecule has 3 aromatic carbocycles. The van der Waals surface area contributed by atoms with Crippen LogP contribution in [0.1, 0.15) is 23.6 Å². The summed E-state index contributed by atoms with van der Waals surface area (Å²) < 4.78 is 20.2. The number of aliphatic imine (C=N–C) groups is 1. The van der Waals surface area contributed by atoms with Crippen molar-refractivity contribution in [3.63, 3.8) is 0 Å². The van der Waals surface area contributed by atoms with Crippen molar-refractivity contribution in [2.45, 2.75) is 13.5 Å². The zero-order valence-corrected chi connectivity index (χ0v) is 24.4. The number of ether oxygens (including phenoxy) is 3. The third-order valence-corrected chi connectivity index (χ3v) is 8.42. The summed E-state index contributed by atoms with van der Waals surface area (Å²) in [5.41, 5.74) is 2.58. The Morgan fingerprint density at radius 3 is 2.62 bits per heavy atom. The Hall–Kier alpha value is -1.63. The Bertz CT molecular complexity index is 1330. The first kappa shape index (κ1) is 25.5. The Balaban J connectivity index is 1.62. The van der Waals surface area contributed by atoms with Crippen molar-refractivity contribution in [3.8, 4) is 11.5 Å². The summed E-state index contributed by atoms with van der Waals surface area (Å²) in [4.78, 5) is 16.8. The summed E-state index contributed by atoms with van der Waals surface area (Å²) in [5, 5.41) is 0.376. The van der Waals surface area contributed by atoms with Crippen LogP contribution in [0.3, 0.4) is 0 Å². The number of carbonyl (C=O) groups excluding carboxylic acids is 1. The average Bonchev–Trinajstić information content (AvgIpc) is 3.16. The molecule has 174 valence electrons. The molecule has 3 aromatic rings. The fourth-order valence-electron chi connectivity index (χ4n) is 3.16. The molecule has 0 radical (unpaired) electrons. The maximum atomic E-state index is 12.5. The second-order valence-corrected chi connectivity index (χ2v) is 10.7. The van der Waals surface area contributed by atoms with E-state index in [1.54, 1.807) is 18.2 Å². The highest BCUT2D eigenvalue weighted by Gasteiger charge is 2.25. The number of hydrogen-bond acceptors (Lipinski definition) is 5. The zero-order chi connectivity index (χ0) is 24.2. The van der Waals surface area contributed by atoms with E-state index in [1.165, 1.54) is 0 Å². The van der Waals surface area contributed by atoms with Crippen molar-refractivity contribution < 1.29 is 19.0 Å². The smallest absolute Gasteiger partial charge is 0.363 e. The first-order valence-corrected chi connectivity index (χ1v) is 13.5. The molecule has 34 heavy (non-hydrogen) atoms. The van der Waals surface area contributed by atoms with E-state index in [-0.39, 0.29) is 11.6 Å². The predicted molar refractivity (Wildman–Crippen MR) is 154 cm³/mol. The van der Waals surface area contributed by atoms with Crippen LogP contribution in [0.25, 0.3) is 6.08 Å². The first-order valence-electron chi connectivity index (χ1n) is 10.2. The quantitative estimate of drug-likeness (QED) is 0.141. The number of esters is 1. The Morgan fingerprint density at radius 1 is 1.09 bits per heavy atom. The van der Waals surface area contributed by atoms with Crippen LogP contribution in [-0.4, -0.2) is 18.5 Å². The van der Waals surface area contributed by atoms with Gasteiger partial charge in [-0.1, -0.05) is 29.8 Å². The fourth-order valence-corrected chi connectivity index (χ4v) is 4.69. The second kappa shape index (κ2) is 11.4. The summed E-state index contributed by atoms with van der Waals surface area (Å²) in [5.74, 6) is 0.664. The van der Waals surface area contributed by atoms with Crippen molar-refractivity contribution >= 4 is 90.7 Å². The van der Waals surface area contributed by atoms with Crippen LogP contribution >= 0.6 is 72.7 Å². The molecule has 1 heterocycles. The summed E-state index contributed by atoms with van der Waals surface area (Å²) in [6.45, 7) is 2.67. The molecule has 0 amide bonds. The van der Waals surface area contributed by atoms with Gasteiger partial charge in [-0.25, -0.2) is 9.79 Å². The molecule has 9 heteroatoms. The molecule has 0 atom stereocenters. The van der Waals surface area contributed by atoms with E-state index in [4.69, 9.17) is 25.8 Å². The molecule has 0 spiro atoms. The third kappa shape index (κ3) is 5.95. The number of hydrogen-bond donors (Lipinski definition) is 0. The van der Waals surface area contributed by atoms with Gasteiger partial charge in [0.25, 0.3) is 0 Å². The van der Waals surface area contributed by atoms with Crippen LogP contribution in [0.5, 0.6) is 11.5 Å². The van der Waals surface area contributed by atoms with Crippen LogP contribution < -0.4 is 9.47 Å². The lowest BCUT2D eigenvalue weighted by atomic mass is 10.1. The molecule has 5 nitrogen and oxygen atoms in total. The minimum absolute atomic E-state index is 0.177. The molecule has 0 fully saturated rings. The van der Waals surface area contributed by atoms with E-state index in [0.717, 1.165) is 17.2 Å². The van der Waals surface area contributed by atoms with E-state index in [9.17, 15) is 4.79 Å². The lowest BCUT2D eigenvalue weighted by Crippen LogP contribution is -2.05. The molecular formula is C25H17BrClI2NO4. The average molecular weight is 765 g/mol. The van der Waals surface area contributed by atoms with Crippen LogP contribution in [0.15, 0.2) is 69.8 Å². The minimum Gasteiger partial charge on any atom is -0.490 e. The highest BCUT2D eigenvalue weighted by atomic mass is 127. The monoisotopic (exact) mass is 763 g/mol. The molecule has 0 bridgehead atoms. The van der Waals surface area contributed by atoms with E-state index in [1.807, 2.05) is 49.4 Å². The van der Waals surface area contributed by atoms with Crippen molar-refractivity contribution in [3.05, 3.63) is 93.6 Å². The molecule has 0 saturated carbocycles. The standard InChI is InChI=1S/C25H17BrClI2NO4/c1-2-32-22-11-14(9-18(27)23(22)33-13-16-5-3-4-6-19(16)28)10-21-25(31)34-24(30-21)15-7-8-20(29)17(26)12-15/h3-12H,2,13H2,1H3/b21-10-. The highest BCUT2D eigenvalue weighted by Crippen LogP contribution is 2.38. The van der Waals surface area contributed by atoms with Gasteiger partial charge in [-0.2, -0.15) is 0 Å². The zero-order valence-electron chi connectivity index (χ0n) is 17.8. The van der Waals surface area contributed by atoms with Crippen molar-refractivity contribution in [2.24, 2.45) is 4.99 Å². The Morgan fingerprint density at radius 2 is 1.88 bits per heavy atom. The molecule has 4 rings (SSSR count). The molecule has 1 aliphatic heterocycles. The Labute approximate surface area is 237 Å². The van der Waals surface area contributed by atoms with Gasteiger partial charge >= 0.3 is 5.97 Å². The maximum absolute atomic E-state index is 12.5. The van der Waals surface area contributed by atoms with E-state index in [2.05, 4.69) is 66.1 Å². The van der Waals surface area contributed by atoms with Gasteiger partial charge in [0.15, 0.2) is 17.2 Å². The number of cyclic esters (lactones) is 1. The minimum atomic E-state index is -0.530. The molecule has 1 aliphatic rings. The second-order valence-electron chi connectivity index (χ2n) is 7.11. The molecule has 0 aromatic heterocycles. The molecule has 0 N–H and O–H groups in total. The summed E-state index contributed by atoms with van der Waals surface area (Å²) >= 11 is 14.5. The van der Waals surface area contributed by atoms with E-state index in [0.29, 0.717) is 40.9 Å². The normalized spacial score (nSPS) is 14.2. The topological polar surface area (TPSA) is 57.1 Å². The van der Waals surface area contributed by atoms with Crippen LogP contribution in [-0.2, 0) is 16.1 Å². The largest absolute Gasteiger partial charge is 0.490 e. The molecule has 0 saturated heterocycles. The van der Waals surface area contributed by atoms with Crippen molar-refractivity contribution in [1.29, 1.82) is 0 Å². The lowest BCUT2D eigenvalue weighted by molar-refractivity contribution is -0.129. The summed E-state index contributed by atoms with van der Waals surface area (Å²) in [6.07, 6.45) is 1.62. The maximum Gasteiger partial charge on any atom is 0.363 e. The number of halogens is 4. The van der Waals surface area contributed by atoms with E-state index >= 15 is 0 Å². The number of carbonyl (C=O) groups is 1. The predicted octanol–water partition coefficient (Wildman–Crippen LogP) is 7.63. The first-order chi connectivity index (χ1) is 16.4. The number of rotatable bonds is 7. The van der Waals surface area contributed by atoms with Crippen molar-refractivity contribution in [2.75, 3.05) is 6.61 Å². The van der Waals surface area contributed by atoms with Crippen LogP contribution in [0.2, 0.25) is 5.02 Å². The number of benzene rings is 3. The van der Waals surface area contributed by atoms with Crippen molar-refractivity contribution in [1.82, 2.24) is 0 Å². The Kier molecular flexibility index (Phi) is 8.54. The fraction of sp³-hybridized carbons (Fsp3) is 0.120. The van der Waals surface area contributed by atoms with Gasteiger partial charge in [0.1, 0.15) is 6.61 Å².